The second-order valence-corrected chi connectivity index (χ2v) is 7.77. The highest BCUT2D eigenvalue weighted by molar-refractivity contribution is 6.05. The Morgan fingerprint density at radius 1 is 0.970 bits per heavy atom. The monoisotopic (exact) mass is 440 g/mol. The zero-order valence-corrected chi connectivity index (χ0v) is 18.0. The van der Waals surface area contributed by atoms with E-state index < -0.39 is 6.10 Å². The largest absolute Gasteiger partial charge is 0.479 e. The molecule has 0 fully saturated rings. The van der Waals surface area contributed by atoms with Gasteiger partial charge in [0.1, 0.15) is 5.75 Å². The van der Waals surface area contributed by atoms with Crippen molar-refractivity contribution in [2.75, 3.05) is 10.6 Å². The number of hydrogen-bond acceptors (Lipinski definition) is 6. The van der Waals surface area contributed by atoms with E-state index in [0.29, 0.717) is 40.0 Å². The first-order valence-corrected chi connectivity index (χ1v) is 10.4. The van der Waals surface area contributed by atoms with Crippen molar-refractivity contribution in [3.8, 4) is 28.7 Å². The fourth-order valence-corrected chi connectivity index (χ4v) is 3.49. The number of nitrogens with one attached hydrogen (secondary N) is 2. The van der Waals surface area contributed by atoms with E-state index in [4.69, 9.17) is 9.15 Å². The first-order valence-electron chi connectivity index (χ1n) is 10.4. The number of carbonyl (C=O) groups is 2. The zero-order valence-electron chi connectivity index (χ0n) is 18.0. The van der Waals surface area contributed by atoms with Gasteiger partial charge < -0.3 is 19.8 Å². The fourth-order valence-electron chi connectivity index (χ4n) is 3.49. The molecule has 8 heteroatoms. The number of aryl methyl sites for hydroxylation is 1. The van der Waals surface area contributed by atoms with Crippen molar-refractivity contribution in [1.29, 1.82) is 0 Å². The predicted molar refractivity (Wildman–Crippen MR) is 123 cm³/mol. The third-order valence-corrected chi connectivity index (χ3v) is 5.25. The highest BCUT2D eigenvalue weighted by Crippen LogP contribution is 2.32. The number of rotatable bonds is 4. The van der Waals surface area contributed by atoms with Crippen molar-refractivity contribution in [2.45, 2.75) is 20.0 Å². The molecule has 2 heterocycles. The molecule has 4 aromatic rings. The average molecular weight is 440 g/mol. The van der Waals surface area contributed by atoms with Gasteiger partial charge in [0.2, 0.25) is 11.8 Å². The van der Waals surface area contributed by atoms with Crippen LogP contribution in [0, 0.1) is 6.92 Å². The molecule has 0 saturated carbocycles. The Hall–Kier alpha value is -4.46. The number of anilines is 2. The summed E-state index contributed by atoms with van der Waals surface area (Å²) in [4.78, 5) is 24.5. The summed E-state index contributed by atoms with van der Waals surface area (Å²) < 4.78 is 11.3. The lowest BCUT2D eigenvalue weighted by atomic mass is 10.1. The van der Waals surface area contributed by atoms with E-state index in [9.17, 15) is 9.59 Å². The van der Waals surface area contributed by atoms with E-state index in [0.717, 1.165) is 11.1 Å². The Morgan fingerprint density at radius 2 is 1.73 bits per heavy atom. The number of benzene rings is 3. The van der Waals surface area contributed by atoms with E-state index in [2.05, 4.69) is 20.8 Å². The van der Waals surface area contributed by atoms with Gasteiger partial charge in [0, 0.05) is 22.4 Å². The minimum atomic E-state index is -0.553. The maximum atomic E-state index is 12.7. The summed E-state index contributed by atoms with van der Waals surface area (Å²) in [6, 6.07) is 19.8. The Morgan fingerprint density at radius 3 is 2.48 bits per heavy atom. The van der Waals surface area contributed by atoms with Crippen LogP contribution in [-0.4, -0.2) is 28.1 Å². The van der Waals surface area contributed by atoms with Crippen molar-refractivity contribution >= 4 is 23.2 Å². The smallest absolute Gasteiger partial charge is 0.265 e. The first kappa shape index (κ1) is 20.4. The summed E-state index contributed by atoms with van der Waals surface area (Å²) in [5.41, 5.74) is 4.19. The van der Waals surface area contributed by atoms with Gasteiger partial charge in [0.05, 0.1) is 5.69 Å². The average Bonchev–Trinajstić information content (AvgIpc) is 3.31. The molecule has 33 heavy (non-hydrogen) atoms. The van der Waals surface area contributed by atoms with E-state index in [1.165, 1.54) is 0 Å². The summed E-state index contributed by atoms with van der Waals surface area (Å²) >= 11 is 0. The standard InChI is InChI=1S/C25H20N4O4/c1-14-4-3-5-18(12-14)25-29-28-24(33-25)17-8-6-16(7-9-17)23(31)26-19-10-11-21-20(13-19)27-22(30)15(2)32-21/h3-13,15H,1-2H3,(H,26,31)(H,27,30). The number of nitrogens with zero attached hydrogens (tertiary/aromatic N) is 2. The zero-order chi connectivity index (χ0) is 22.9. The number of fused-ring (bicyclic) bond motifs is 1. The quantitative estimate of drug-likeness (QED) is 0.477. The number of hydrogen-bond donors (Lipinski definition) is 2. The Balaban J connectivity index is 1.30. The van der Waals surface area contributed by atoms with E-state index >= 15 is 0 Å². The van der Waals surface area contributed by atoms with Crippen LogP contribution in [0.1, 0.15) is 22.8 Å². The molecule has 1 aliphatic rings. The minimum absolute atomic E-state index is 0.229. The second kappa shape index (κ2) is 8.23. The molecule has 2 amide bonds. The van der Waals surface area contributed by atoms with Crippen molar-refractivity contribution in [1.82, 2.24) is 10.2 Å². The lowest BCUT2D eigenvalue weighted by molar-refractivity contribution is -0.122. The summed E-state index contributed by atoms with van der Waals surface area (Å²) in [6.45, 7) is 3.67. The van der Waals surface area contributed by atoms with Crippen LogP contribution in [0.5, 0.6) is 5.75 Å². The molecule has 0 saturated heterocycles. The number of amides is 2. The van der Waals surface area contributed by atoms with Gasteiger partial charge in [0.25, 0.3) is 11.8 Å². The van der Waals surface area contributed by atoms with Crippen molar-refractivity contribution in [2.24, 2.45) is 0 Å². The van der Waals surface area contributed by atoms with Gasteiger partial charge in [-0.05, 0) is 68.4 Å². The van der Waals surface area contributed by atoms with Gasteiger partial charge in [-0.3, -0.25) is 9.59 Å². The molecule has 0 spiro atoms. The molecule has 1 aliphatic heterocycles. The molecule has 164 valence electrons. The molecule has 1 unspecified atom stereocenters. The molecule has 0 aliphatic carbocycles. The molecule has 1 aromatic heterocycles. The third kappa shape index (κ3) is 4.18. The third-order valence-electron chi connectivity index (χ3n) is 5.25. The fraction of sp³-hybridized carbons (Fsp3) is 0.120. The first-order chi connectivity index (χ1) is 16.0. The van der Waals surface area contributed by atoms with Crippen LogP contribution in [0.15, 0.2) is 71.1 Å². The van der Waals surface area contributed by atoms with Gasteiger partial charge in [-0.25, -0.2) is 0 Å². The second-order valence-electron chi connectivity index (χ2n) is 7.77. The Kier molecular flexibility index (Phi) is 5.10. The molecular formula is C25H20N4O4. The minimum Gasteiger partial charge on any atom is -0.479 e. The summed E-state index contributed by atoms with van der Waals surface area (Å²) in [5, 5.41) is 13.8. The predicted octanol–water partition coefficient (Wildman–Crippen LogP) is 4.68. The Bertz CT molecular complexity index is 1360. The van der Waals surface area contributed by atoms with Crippen LogP contribution in [-0.2, 0) is 4.79 Å². The normalized spacial score (nSPS) is 14.7. The lowest BCUT2D eigenvalue weighted by Crippen LogP contribution is -2.34. The Labute approximate surface area is 189 Å². The molecular weight excluding hydrogens is 420 g/mol. The number of carbonyl (C=O) groups excluding carboxylic acids is 2. The molecule has 3 aromatic carbocycles. The molecule has 1 atom stereocenters. The lowest BCUT2D eigenvalue weighted by Gasteiger charge is -2.23. The van der Waals surface area contributed by atoms with E-state index in [1.807, 2.05) is 31.2 Å². The van der Waals surface area contributed by atoms with Gasteiger partial charge in [0.15, 0.2) is 6.10 Å². The van der Waals surface area contributed by atoms with Gasteiger partial charge >= 0.3 is 0 Å². The van der Waals surface area contributed by atoms with Crippen LogP contribution < -0.4 is 15.4 Å². The summed E-state index contributed by atoms with van der Waals surface area (Å²) in [5.74, 6) is 0.859. The van der Waals surface area contributed by atoms with E-state index in [-0.39, 0.29) is 11.8 Å². The maximum absolute atomic E-state index is 12.7. The van der Waals surface area contributed by atoms with Crippen molar-refractivity contribution in [3.63, 3.8) is 0 Å². The van der Waals surface area contributed by atoms with Gasteiger partial charge in [-0.1, -0.05) is 17.7 Å². The molecule has 2 N–H and O–H groups in total. The van der Waals surface area contributed by atoms with Crippen molar-refractivity contribution < 1.29 is 18.7 Å². The number of aromatic nitrogens is 2. The van der Waals surface area contributed by atoms with Crippen LogP contribution in [0.25, 0.3) is 22.9 Å². The SMILES string of the molecule is Cc1cccc(-c2nnc(-c3ccc(C(=O)Nc4ccc5c(c4)NC(=O)C(C)O5)cc3)o2)c1. The summed E-state index contributed by atoms with van der Waals surface area (Å²) in [6.07, 6.45) is -0.553. The summed E-state index contributed by atoms with van der Waals surface area (Å²) in [7, 11) is 0. The number of ether oxygens (including phenoxy) is 1. The molecule has 8 nitrogen and oxygen atoms in total. The van der Waals surface area contributed by atoms with Gasteiger partial charge in [-0.2, -0.15) is 0 Å². The van der Waals surface area contributed by atoms with Crippen LogP contribution in [0.3, 0.4) is 0 Å². The maximum Gasteiger partial charge on any atom is 0.265 e. The highest BCUT2D eigenvalue weighted by Gasteiger charge is 2.23. The van der Waals surface area contributed by atoms with Crippen LogP contribution >= 0.6 is 0 Å². The van der Waals surface area contributed by atoms with Crippen LogP contribution in [0.2, 0.25) is 0 Å². The molecule has 0 radical (unpaired) electrons. The van der Waals surface area contributed by atoms with E-state index in [1.54, 1.807) is 49.4 Å². The highest BCUT2D eigenvalue weighted by atomic mass is 16.5. The molecule has 0 bridgehead atoms. The topological polar surface area (TPSA) is 106 Å². The van der Waals surface area contributed by atoms with Gasteiger partial charge in [-0.15, -0.1) is 10.2 Å². The van der Waals surface area contributed by atoms with Crippen LogP contribution in [0.4, 0.5) is 11.4 Å². The van der Waals surface area contributed by atoms with Crippen molar-refractivity contribution in [3.05, 3.63) is 77.9 Å². The molecule has 5 rings (SSSR count).